The monoisotopic (exact) mass is 1660 g/mol. The van der Waals surface area contributed by atoms with E-state index in [4.69, 9.17) is 37.9 Å². The number of rotatable bonds is 24. The molecule has 4 aliphatic carbocycles. The van der Waals surface area contributed by atoms with Gasteiger partial charge in [-0.05, 0) is 109 Å². The van der Waals surface area contributed by atoms with Crippen molar-refractivity contribution in [2.45, 2.75) is 147 Å². The van der Waals surface area contributed by atoms with Crippen LogP contribution in [0.1, 0.15) is 6.42 Å². The van der Waals surface area contributed by atoms with Crippen LogP contribution in [0.25, 0.3) is 0 Å². The zero-order valence-electron chi connectivity index (χ0n) is 67.3. The van der Waals surface area contributed by atoms with Gasteiger partial charge in [-0.15, -0.1) is 0 Å². The number of nitrogens with one attached hydrogen (secondary N) is 15. The molecule has 0 aromatic heterocycles. The predicted octanol–water partition coefficient (Wildman–Crippen LogP) is 11.6. The molecule has 8 aromatic carbocycles. The van der Waals surface area contributed by atoms with Gasteiger partial charge in [0, 0.05) is 136 Å². The predicted molar refractivity (Wildman–Crippen MR) is 445 cm³/mol. The highest BCUT2D eigenvalue weighted by molar-refractivity contribution is 5.61. The summed E-state index contributed by atoms with van der Waals surface area (Å²) in [6.45, 7) is 0. The van der Waals surface area contributed by atoms with E-state index in [0.717, 1.165) is 0 Å². The molecular formula is C88H104F8N16O8. The Labute approximate surface area is 692 Å². The largest absolute Gasteiger partial charge is 0.497 e. The number of benzene rings is 8. The van der Waals surface area contributed by atoms with Gasteiger partial charge < -0.3 is 80.5 Å². The molecule has 9 aliphatic rings. The summed E-state index contributed by atoms with van der Waals surface area (Å²) in [6.07, 6.45) is -32.7. The van der Waals surface area contributed by atoms with Gasteiger partial charge in [0.25, 0.3) is 0 Å². The van der Waals surface area contributed by atoms with Gasteiger partial charge in [-0.1, -0.05) is 48.5 Å². The van der Waals surface area contributed by atoms with Crippen molar-refractivity contribution in [2.24, 2.45) is 47.3 Å². The van der Waals surface area contributed by atoms with E-state index in [1.807, 2.05) is 193 Å². The minimum absolute atomic E-state index is 0.288. The number of nitrogens with zero attached hydrogens (tertiary/aromatic N) is 1. The first-order valence-electron chi connectivity index (χ1n) is 40.8. The molecule has 9 fully saturated rings. The first-order valence-corrected chi connectivity index (χ1v) is 40.8. The standard InChI is InChI=1S/C88H104F8N16O8/c1-113-50-25-9-17-42(33-50)97-59-41-58-60(76(99-44-19-11-27-52(35-44)115-3)75(59)98-43-18-10-26-51(34-43)114-2)82-104-81(58)105-83-61-62(68(90)72(94)71(93)67(61)89)84(106-83)107-85-63-64(70(92)74(96)73(95)69(63)91)86(108-85)110-88-66-65(87(109-82)112(88)111-49-24-16-32-57(40-49)120-8)77(100-45-20-12-28-53(36-45)116-4)79(102-47-22-14-30-55(38-47)118-6)80(103-48-23-15-31-56(39-48)119-7)78(66)101-46-21-13-29-54(37-46)117-5/h9-40,58-88,97-111H,41H2,1-8H3. The Kier molecular flexibility index (Phi) is 23.9. The fraction of sp³-hybridized carbons (Fsp3) is 0.455. The zero-order chi connectivity index (χ0) is 83.3. The van der Waals surface area contributed by atoms with Crippen LogP contribution in [-0.2, 0) is 0 Å². The molecule has 24 nitrogen and oxygen atoms in total. The highest BCUT2D eigenvalue weighted by Crippen LogP contribution is 2.54. The van der Waals surface area contributed by atoms with E-state index < -0.39 is 188 Å². The summed E-state index contributed by atoms with van der Waals surface area (Å²) < 4.78 is 187. The average Bonchev–Trinajstić information content (AvgIpc) is 1.54. The van der Waals surface area contributed by atoms with Crippen LogP contribution in [0.4, 0.5) is 80.6 Å². The van der Waals surface area contributed by atoms with Crippen molar-refractivity contribution in [3.8, 4) is 46.0 Å². The Hall–Kier alpha value is -10.3. The summed E-state index contributed by atoms with van der Waals surface area (Å²) in [7, 11) is 12.6. The molecule has 5 saturated heterocycles. The molecule has 31 unspecified atom stereocenters. The Bertz CT molecular complexity index is 4840. The molecule has 8 bridgehead atoms. The van der Waals surface area contributed by atoms with Crippen LogP contribution in [0.2, 0.25) is 0 Å². The maximum Gasteiger partial charge on any atom is 0.165 e. The van der Waals surface area contributed by atoms with Gasteiger partial charge in [-0.25, -0.2) is 35.1 Å². The van der Waals surface area contributed by atoms with Crippen molar-refractivity contribution in [1.29, 1.82) is 0 Å². The minimum atomic E-state index is -2.99. The van der Waals surface area contributed by atoms with E-state index >= 15 is 35.1 Å². The van der Waals surface area contributed by atoms with Crippen LogP contribution in [0, 0.1) is 47.3 Å². The van der Waals surface area contributed by atoms with E-state index in [-0.39, 0.29) is 6.42 Å². The summed E-state index contributed by atoms with van der Waals surface area (Å²) in [5.41, 5.74) is 8.93. The van der Waals surface area contributed by atoms with Crippen LogP contribution in [0.15, 0.2) is 194 Å². The quantitative estimate of drug-likeness (QED) is 0.0251. The molecule has 17 rings (SSSR count). The van der Waals surface area contributed by atoms with Crippen LogP contribution in [0.3, 0.4) is 0 Å². The lowest BCUT2D eigenvalue weighted by Crippen LogP contribution is -2.71. The second-order valence-electron chi connectivity index (χ2n) is 32.6. The lowest BCUT2D eigenvalue weighted by Gasteiger charge is -2.53. The van der Waals surface area contributed by atoms with Crippen molar-refractivity contribution in [1.82, 2.24) is 42.2 Å². The van der Waals surface area contributed by atoms with Gasteiger partial charge in [-0.2, -0.15) is 5.01 Å². The van der Waals surface area contributed by atoms with Crippen molar-refractivity contribution in [2.75, 3.05) is 99.5 Å². The number of hydrogen-bond acceptors (Lipinski definition) is 24. The number of ether oxygens (including phenoxy) is 8. The van der Waals surface area contributed by atoms with E-state index in [2.05, 4.69) is 79.9 Å². The number of anilines is 8. The molecule has 5 aliphatic heterocycles. The summed E-state index contributed by atoms with van der Waals surface area (Å²) >= 11 is 0. The van der Waals surface area contributed by atoms with Crippen LogP contribution in [0.5, 0.6) is 46.0 Å². The van der Waals surface area contributed by atoms with E-state index in [9.17, 15) is 0 Å². The zero-order valence-corrected chi connectivity index (χ0v) is 67.3. The first-order chi connectivity index (χ1) is 58.3. The molecule has 120 heavy (non-hydrogen) atoms. The van der Waals surface area contributed by atoms with Gasteiger partial charge in [-0.3, -0.25) is 37.2 Å². The Balaban J connectivity index is 0.945. The molecule has 5 heterocycles. The SMILES string of the molecule is COc1cccc(NC2CC3C4NC(NC5C6C(Nc7cccc(OC)c7)C(Nc7cccc(OC)c7)C(Nc7cccc(OC)c7)C(Nc7cccc(OC)c7)C6C(NC6NC(NC7NC(N4)C4C(F)C(F)C(F)C(F)C74)C4C(F)C(F)C(F)C(F)C64)N5Nc4cccc(OC)c4)C3C(Nc3cccc(OC)c3)C2Nc2cccc(OC)c2)c1. The fourth-order valence-corrected chi connectivity index (χ4v) is 20.9. The highest BCUT2D eigenvalue weighted by atomic mass is 19.2. The third kappa shape index (κ3) is 15.9. The normalized spacial score (nSPS) is 36.0. The molecule has 15 N–H and O–H groups in total. The molecule has 0 amide bonds. The second kappa shape index (κ2) is 35.0. The molecule has 31 atom stereocenters. The summed E-state index contributed by atoms with van der Waals surface area (Å²) in [5, 5.41) is 56.4. The van der Waals surface area contributed by atoms with Gasteiger partial charge in [0.15, 0.2) is 24.7 Å². The lowest BCUT2D eigenvalue weighted by molar-refractivity contribution is -0.0875. The van der Waals surface area contributed by atoms with Gasteiger partial charge in [0.1, 0.15) is 70.7 Å². The topological polar surface area (TPSA) is 258 Å². The lowest BCUT2D eigenvalue weighted by atomic mass is 9.66. The Morgan fingerprint density at radius 3 is 0.783 bits per heavy atom. The van der Waals surface area contributed by atoms with Gasteiger partial charge in [0.2, 0.25) is 0 Å². The van der Waals surface area contributed by atoms with Gasteiger partial charge in [0.05, 0.1) is 148 Å². The average molecular weight is 1670 g/mol. The molecule has 640 valence electrons. The molecule has 32 heteroatoms. The van der Waals surface area contributed by atoms with E-state index in [1.165, 1.54) is 0 Å². The van der Waals surface area contributed by atoms with Crippen LogP contribution >= 0.6 is 0 Å². The molecule has 0 radical (unpaired) electrons. The second-order valence-corrected chi connectivity index (χ2v) is 32.6. The number of alkyl halides is 8. The number of hydrogen-bond donors (Lipinski definition) is 15. The van der Waals surface area contributed by atoms with E-state index in [1.54, 1.807) is 62.9 Å². The smallest absolute Gasteiger partial charge is 0.165 e. The van der Waals surface area contributed by atoms with E-state index in [0.29, 0.717) is 91.5 Å². The van der Waals surface area contributed by atoms with Crippen LogP contribution < -0.4 is 118 Å². The summed E-state index contributed by atoms with van der Waals surface area (Å²) in [6, 6.07) is 54.9. The summed E-state index contributed by atoms with van der Waals surface area (Å²) in [4.78, 5) is 0. The molecule has 8 aromatic rings. The fourth-order valence-electron chi connectivity index (χ4n) is 20.9. The third-order valence-corrected chi connectivity index (χ3v) is 26.2. The number of hydrazine groups is 1. The minimum Gasteiger partial charge on any atom is -0.497 e. The van der Waals surface area contributed by atoms with Crippen molar-refractivity contribution in [3.63, 3.8) is 0 Å². The maximum atomic E-state index is 18.3. The van der Waals surface area contributed by atoms with Crippen molar-refractivity contribution >= 4 is 45.5 Å². The maximum absolute atomic E-state index is 18.3. The highest BCUT2D eigenvalue weighted by Gasteiger charge is 2.69. The Morgan fingerprint density at radius 2 is 0.483 bits per heavy atom. The number of fused-ring (bicyclic) bond motifs is 20. The molecular weight excluding hydrogens is 1560 g/mol. The Morgan fingerprint density at radius 1 is 0.250 bits per heavy atom. The van der Waals surface area contributed by atoms with Crippen molar-refractivity contribution in [3.05, 3.63) is 194 Å². The van der Waals surface area contributed by atoms with Gasteiger partial charge >= 0.3 is 0 Å². The molecule has 0 spiro atoms. The number of methoxy groups -OCH3 is 8. The van der Waals surface area contributed by atoms with Crippen molar-refractivity contribution < 1.29 is 73.0 Å². The summed E-state index contributed by atoms with van der Waals surface area (Å²) in [5.74, 6) is -5.76. The molecule has 4 saturated carbocycles. The number of halogens is 8. The third-order valence-electron chi connectivity index (χ3n) is 26.2. The first kappa shape index (κ1) is 82.0. The van der Waals surface area contributed by atoms with Crippen LogP contribution in [-0.4, -0.2) is 203 Å².